The summed E-state index contributed by atoms with van der Waals surface area (Å²) in [7, 11) is 0. The Labute approximate surface area is 140 Å². The summed E-state index contributed by atoms with van der Waals surface area (Å²) < 4.78 is 40.6. The van der Waals surface area contributed by atoms with Gasteiger partial charge in [-0.1, -0.05) is 0 Å². The largest absolute Gasteiger partial charge is 0.573 e. The molecule has 3 rings (SSSR count). The Kier molecular flexibility index (Phi) is 4.39. The molecular formula is C16H12F3N3OS. The standard InChI is InChI=1S/C16H12F3N3OS/c1-10-7-12(23-16(17,18)19)4-5-13(10)21-15-22-14(9-24-15)11-3-2-6-20-8-11/h2-9H,1H3,(H,21,22). The van der Waals surface area contributed by atoms with E-state index in [4.69, 9.17) is 0 Å². The van der Waals surface area contributed by atoms with Crippen LogP contribution in [0.25, 0.3) is 11.3 Å². The molecule has 0 aliphatic rings. The van der Waals surface area contributed by atoms with Crippen molar-refractivity contribution >= 4 is 22.2 Å². The van der Waals surface area contributed by atoms with E-state index in [1.54, 1.807) is 19.3 Å². The van der Waals surface area contributed by atoms with Gasteiger partial charge < -0.3 is 10.1 Å². The van der Waals surface area contributed by atoms with Gasteiger partial charge in [0.05, 0.1) is 5.69 Å². The minimum atomic E-state index is -4.70. The molecule has 2 aromatic heterocycles. The maximum Gasteiger partial charge on any atom is 0.573 e. The topological polar surface area (TPSA) is 47.0 Å². The first-order chi connectivity index (χ1) is 11.4. The van der Waals surface area contributed by atoms with Crippen LogP contribution < -0.4 is 10.1 Å². The van der Waals surface area contributed by atoms with Crippen molar-refractivity contribution in [1.82, 2.24) is 9.97 Å². The number of benzene rings is 1. The van der Waals surface area contributed by atoms with E-state index in [1.165, 1.54) is 29.5 Å². The third-order valence-corrected chi connectivity index (χ3v) is 3.89. The van der Waals surface area contributed by atoms with Crippen LogP contribution in [-0.4, -0.2) is 16.3 Å². The number of thiazole rings is 1. The molecule has 1 N–H and O–H groups in total. The van der Waals surface area contributed by atoms with E-state index in [0.717, 1.165) is 11.3 Å². The monoisotopic (exact) mass is 351 g/mol. The van der Waals surface area contributed by atoms with Gasteiger partial charge in [0.2, 0.25) is 0 Å². The molecule has 0 saturated heterocycles. The highest BCUT2D eigenvalue weighted by atomic mass is 32.1. The molecule has 8 heteroatoms. The number of hydrogen-bond acceptors (Lipinski definition) is 5. The fourth-order valence-corrected chi connectivity index (χ4v) is 2.80. The van der Waals surface area contributed by atoms with Crippen molar-refractivity contribution in [3.8, 4) is 17.0 Å². The zero-order valence-electron chi connectivity index (χ0n) is 12.5. The second kappa shape index (κ2) is 6.48. The van der Waals surface area contributed by atoms with E-state index in [2.05, 4.69) is 20.0 Å². The van der Waals surface area contributed by atoms with E-state index >= 15 is 0 Å². The lowest BCUT2D eigenvalue weighted by Gasteiger charge is -2.12. The number of anilines is 2. The molecule has 4 nitrogen and oxygen atoms in total. The Bertz CT molecular complexity index is 834. The number of aromatic nitrogens is 2. The van der Waals surface area contributed by atoms with Crippen molar-refractivity contribution in [2.45, 2.75) is 13.3 Å². The third-order valence-electron chi connectivity index (χ3n) is 3.13. The molecule has 0 amide bonds. The van der Waals surface area contributed by atoms with Crippen LogP contribution in [-0.2, 0) is 0 Å². The van der Waals surface area contributed by atoms with Gasteiger partial charge in [-0.3, -0.25) is 4.98 Å². The molecule has 0 fully saturated rings. The third kappa shape index (κ3) is 4.02. The molecule has 0 aliphatic carbocycles. The number of hydrogen-bond donors (Lipinski definition) is 1. The summed E-state index contributed by atoms with van der Waals surface area (Å²) in [5.41, 5.74) is 2.96. The predicted molar refractivity (Wildman–Crippen MR) is 86.5 cm³/mol. The number of aryl methyl sites for hydroxylation is 1. The molecule has 1 aromatic carbocycles. The molecule has 0 spiro atoms. The van der Waals surface area contributed by atoms with Gasteiger partial charge in [0.25, 0.3) is 0 Å². The van der Waals surface area contributed by atoms with E-state index in [1.807, 2.05) is 17.5 Å². The second-order valence-corrected chi connectivity index (χ2v) is 5.79. The second-order valence-electron chi connectivity index (χ2n) is 4.93. The number of pyridine rings is 1. The highest BCUT2D eigenvalue weighted by Crippen LogP contribution is 2.31. The van der Waals surface area contributed by atoms with Gasteiger partial charge >= 0.3 is 6.36 Å². The molecule has 2 heterocycles. The fraction of sp³-hybridized carbons (Fsp3) is 0.125. The fourth-order valence-electron chi connectivity index (χ4n) is 2.07. The lowest BCUT2D eigenvalue weighted by molar-refractivity contribution is -0.274. The molecular weight excluding hydrogens is 339 g/mol. The van der Waals surface area contributed by atoms with Gasteiger partial charge in [-0.15, -0.1) is 24.5 Å². The van der Waals surface area contributed by atoms with Crippen molar-refractivity contribution in [1.29, 1.82) is 0 Å². The lowest BCUT2D eigenvalue weighted by atomic mass is 10.2. The first-order valence-corrected chi connectivity index (χ1v) is 7.78. The lowest BCUT2D eigenvalue weighted by Crippen LogP contribution is -2.17. The van der Waals surface area contributed by atoms with Crippen LogP contribution in [0.1, 0.15) is 5.56 Å². The summed E-state index contributed by atoms with van der Waals surface area (Å²) in [6.45, 7) is 1.70. The van der Waals surface area contributed by atoms with Crippen LogP contribution in [0, 0.1) is 6.92 Å². The quantitative estimate of drug-likeness (QED) is 0.706. The number of nitrogens with zero attached hydrogens (tertiary/aromatic N) is 2. The molecule has 3 aromatic rings. The molecule has 0 bridgehead atoms. The van der Waals surface area contributed by atoms with Crippen LogP contribution in [0.4, 0.5) is 24.0 Å². The highest BCUT2D eigenvalue weighted by Gasteiger charge is 2.31. The van der Waals surface area contributed by atoms with Crippen LogP contribution in [0.2, 0.25) is 0 Å². The van der Waals surface area contributed by atoms with Gasteiger partial charge in [-0.05, 0) is 42.8 Å². The Hall–Kier alpha value is -2.61. The summed E-state index contributed by atoms with van der Waals surface area (Å²) >= 11 is 1.40. The van der Waals surface area contributed by atoms with Crippen LogP contribution in [0.5, 0.6) is 5.75 Å². The summed E-state index contributed by atoms with van der Waals surface area (Å²) in [5.74, 6) is -0.249. The average Bonchev–Trinajstić information content (AvgIpc) is 2.98. The maximum absolute atomic E-state index is 12.2. The smallest absolute Gasteiger partial charge is 0.406 e. The van der Waals surface area contributed by atoms with Gasteiger partial charge in [-0.2, -0.15) is 0 Å². The number of rotatable bonds is 4. The van der Waals surface area contributed by atoms with Crippen molar-refractivity contribution < 1.29 is 17.9 Å². The highest BCUT2D eigenvalue weighted by molar-refractivity contribution is 7.14. The van der Waals surface area contributed by atoms with Gasteiger partial charge in [0, 0.05) is 29.0 Å². The van der Waals surface area contributed by atoms with Crippen molar-refractivity contribution in [3.63, 3.8) is 0 Å². The van der Waals surface area contributed by atoms with Crippen molar-refractivity contribution in [2.24, 2.45) is 0 Å². The summed E-state index contributed by atoms with van der Waals surface area (Å²) in [6.07, 6.45) is -1.30. The summed E-state index contributed by atoms with van der Waals surface area (Å²) in [5, 5.41) is 5.63. The minimum absolute atomic E-state index is 0.249. The SMILES string of the molecule is Cc1cc(OC(F)(F)F)ccc1Nc1nc(-c2cccnc2)cs1. The van der Waals surface area contributed by atoms with Crippen LogP contribution in [0.15, 0.2) is 48.1 Å². The Morgan fingerprint density at radius 1 is 1.21 bits per heavy atom. The molecule has 0 atom stereocenters. The van der Waals surface area contributed by atoms with E-state index < -0.39 is 6.36 Å². The van der Waals surface area contributed by atoms with Crippen LogP contribution >= 0.6 is 11.3 Å². The zero-order chi connectivity index (χ0) is 17.2. The first kappa shape index (κ1) is 16.3. The first-order valence-electron chi connectivity index (χ1n) is 6.90. The van der Waals surface area contributed by atoms with E-state index in [-0.39, 0.29) is 5.75 Å². The molecule has 0 radical (unpaired) electrons. The Morgan fingerprint density at radius 3 is 2.71 bits per heavy atom. The van der Waals surface area contributed by atoms with E-state index in [9.17, 15) is 13.2 Å². The molecule has 0 unspecified atom stereocenters. The number of ether oxygens (including phenoxy) is 1. The normalized spacial score (nSPS) is 11.3. The molecule has 24 heavy (non-hydrogen) atoms. The molecule has 0 aliphatic heterocycles. The van der Waals surface area contributed by atoms with Gasteiger partial charge in [0.15, 0.2) is 5.13 Å². The Balaban J connectivity index is 1.76. The van der Waals surface area contributed by atoms with Gasteiger partial charge in [-0.25, -0.2) is 4.98 Å². The number of halogens is 3. The van der Waals surface area contributed by atoms with Crippen LogP contribution in [0.3, 0.4) is 0 Å². The summed E-state index contributed by atoms with van der Waals surface area (Å²) in [4.78, 5) is 8.50. The Morgan fingerprint density at radius 2 is 2.04 bits per heavy atom. The predicted octanol–water partition coefficient (Wildman–Crippen LogP) is 5.16. The minimum Gasteiger partial charge on any atom is -0.406 e. The molecule has 0 saturated carbocycles. The number of alkyl halides is 3. The number of nitrogens with one attached hydrogen (secondary N) is 1. The van der Waals surface area contributed by atoms with Gasteiger partial charge in [0.1, 0.15) is 5.75 Å². The molecule has 124 valence electrons. The van der Waals surface area contributed by atoms with Crippen molar-refractivity contribution in [3.05, 3.63) is 53.7 Å². The zero-order valence-corrected chi connectivity index (χ0v) is 13.3. The van der Waals surface area contributed by atoms with Crippen molar-refractivity contribution in [2.75, 3.05) is 5.32 Å². The average molecular weight is 351 g/mol. The maximum atomic E-state index is 12.2. The summed E-state index contributed by atoms with van der Waals surface area (Å²) in [6, 6.07) is 7.84. The van der Waals surface area contributed by atoms with E-state index in [0.29, 0.717) is 16.4 Å².